The second kappa shape index (κ2) is 10.5. The molecule has 2 aromatic carbocycles. The lowest BCUT2D eigenvalue weighted by Crippen LogP contribution is -2.51. The molecule has 2 aromatic heterocycles. The second-order valence-electron chi connectivity index (χ2n) is 10.4. The van der Waals surface area contributed by atoms with Gasteiger partial charge in [0.05, 0.1) is 30.5 Å². The van der Waals surface area contributed by atoms with Crippen LogP contribution in [0.3, 0.4) is 0 Å². The molecule has 1 aliphatic heterocycles. The summed E-state index contributed by atoms with van der Waals surface area (Å²) in [5.41, 5.74) is -4.98. The van der Waals surface area contributed by atoms with E-state index < -0.39 is 47.8 Å². The van der Waals surface area contributed by atoms with E-state index in [0.717, 1.165) is 18.2 Å². The number of aromatic nitrogens is 3. The predicted molar refractivity (Wildman–Crippen MR) is 142 cm³/mol. The molecule has 0 bridgehead atoms. The van der Waals surface area contributed by atoms with Crippen molar-refractivity contribution in [3.63, 3.8) is 0 Å². The SMILES string of the molecule is COc1cc(C(=O)NC[C@](O)(c2cc3c(c(-c4ccc(F)cc4)n2)OC[C@]3(C)CF)C(F)(F)F)cc2cc(C)nnc12. The number of nitrogens with zero attached hydrogens (tertiary/aromatic N) is 3. The Hall–Kier alpha value is -4.39. The van der Waals surface area contributed by atoms with Crippen molar-refractivity contribution in [1.82, 2.24) is 20.5 Å². The highest BCUT2D eigenvalue weighted by Crippen LogP contribution is 2.48. The molecule has 0 radical (unpaired) electrons. The number of carbonyl (C=O) groups excluding carboxylic acids is 1. The average Bonchev–Trinajstić information content (AvgIpc) is 3.31. The number of rotatable bonds is 7. The fourth-order valence-electron chi connectivity index (χ4n) is 4.72. The number of benzene rings is 2. The van der Waals surface area contributed by atoms with E-state index >= 15 is 0 Å². The lowest BCUT2D eigenvalue weighted by atomic mass is 9.83. The Kier molecular flexibility index (Phi) is 7.25. The van der Waals surface area contributed by atoms with Crippen LogP contribution in [-0.4, -0.2) is 59.3 Å². The van der Waals surface area contributed by atoms with Gasteiger partial charge in [-0.15, -0.1) is 5.10 Å². The third kappa shape index (κ3) is 4.97. The van der Waals surface area contributed by atoms with Crippen LogP contribution in [0, 0.1) is 12.7 Å². The third-order valence-corrected chi connectivity index (χ3v) is 7.23. The topological polar surface area (TPSA) is 106 Å². The Morgan fingerprint density at radius 1 is 1.14 bits per heavy atom. The molecule has 0 saturated carbocycles. The number of alkyl halides is 4. The largest absolute Gasteiger partial charge is 0.494 e. The third-order valence-electron chi connectivity index (χ3n) is 7.23. The van der Waals surface area contributed by atoms with Gasteiger partial charge in [0.15, 0.2) is 0 Å². The minimum absolute atomic E-state index is 0.0284. The molecule has 2 N–H and O–H groups in total. The first-order valence-electron chi connectivity index (χ1n) is 12.7. The van der Waals surface area contributed by atoms with Crippen molar-refractivity contribution in [1.29, 1.82) is 0 Å². The molecule has 2 atom stereocenters. The first kappa shape index (κ1) is 29.1. The Bertz CT molecular complexity index is 1680. The molecule has 0 spiro atoms. The highest BCUT2D eigenvalue weighted by atomic mass is 19.4. The molecular weight excluding hydrogens is 563 g/mol. The van der Waals surface area contributed by atoms with E-state index in [1.807, 2.05) is 0 Å². The summed E-state index contributed by atoms with van der Waals surface area (Å²) >= 11 is 0. The number of hydrogen-bond acceptors (Lipinski definition) is 7. The number of carbonyl (C=O) groups is 1. The Balaban J connectivity index is 1.57. The smallest absolute Gasteiger partial charge is 0.424 e. The molecule has 0 saturated heterocycles. The number of aryl methyl sites for hydroxylation is 1. The maximum Gasteiger partial charge on any atom is 0.424 e. The van der Waals surface area contributed by atoms with Gasteiger partial charge >= 0.3 is 6.18 Å². The fraction of sp³-hybridized carbons (Fsp3) is 0.310. The van der Waals surface area contributed by atoms with Gasteiger partial charge in [-0.3, -0.25) is 4.79 Å². The number of pyridine rings is 1. The van der Waals surface area contributed by atoms with Crippen LogP contribution in [0.25, 0.3) is 22.2 Å². The summed E-state index contributed by atoms with van der Waals surface area (Å²) in [5, 5.41) is 21.8. The molecule has 1 aliphatic rings. The zero-order chi connectivity index (χ0) is 30.4. The van der Waals surface area contributed by atoms with E-state index in [9.17, 15) is 31.9 Å². The van der Waals surface area contributed by atoms with Crippen molar-refractivity contribution >= 4 is 16.8 Å². The van der Waals surface area contributed by atoms with Crippen molar-refractivity contribution < 1.29 is 41.3 Å². The first-order chi connectivity index (χ1) is 19.8. The molecule has 13 heteroatoms. The summed E-state index contributed by atoms with van der Waals surface area (Å²) in [7, 11) is 1.34. The van der Waals surface area contributed by atoms with E-state index in [0.29, 0.717) is 16.6 Å². The number of hydrogen-bond donors (Lipinski definition) is 2. The van der Waals surface area contributed by atoms with Crippen LogP contribution in [0.4, 0.5) is 22.0 Å². The van der Waals surface area contributed by atoms with Gasteiger partial charge in [0.2, 0.25) is 5.60 Å². The predicted octanol–water partition coefficient (Wildman–Crippen LogP) is 4.95. The zero-order valence-corrected chi connectivity index (χ0v) is 22.6. The van der Waals surface area contributed by atoms with E-state index in [-0.39, 0.29) is 40.5 Å². The van der Waals surface area contributed by atoms with Crippen LogP contribution in [0.5, 0.6) is 11.5 Å². The maximum absolute atomic E-state index is 14.6. The molecule has 0 unspecified atom stereocenters. The van der Waals surface area contributed by atoms with Crippen molar-refractivity contribution in [2.24, 2.45) is 0 Å². The minimum atomic E-state index is -5.33. The average molecular weight is 589 g/mol. The molecular formula is C29H25F5N4O4. The lowest BCUT2D eigenvalue weighted by Gasteiger charge is -2.31. The second-order valence-corrected chi connectivity index (χ2v) is 10.4. The molecule has 5 rings (SSSR count). The van der Waals surface area contributed by atoms with Crippen molar-refractivity contribution in [2.45, 2.75) is 31.0 Å². The van der Waals surface area contributed by atoms with E-state index in [1.54, 1.807) is 13.0 Å². The Morgan fingerprint density at radius 2 is 1.86 bits per heavy atom. The molecule has 8 nitrogen and oxygen atoms in total. The van der Waals surface area contributed by atoms with Gasteiger partial charge < -0.3 is 19.9 Å². The normalized spacial score (nSPS) is 17.8. The fourth-order valence-corrected chi connectivity index (χ4v) is 4.72. The van der Waals surface area contributed by atoms with Crippen LogP contribution in [0.2, 0.25) is 0 Å². The monoisotopic (exact) mass is 588 g/mol. The standard InChI is InChI=1S/C29H25F5N4O4/c1-15-8-17-9-18(10-21(41-3)23(17)38-37-15)26(39)35-13-28(40,29(32,33)34)22-11-20-25(42-14-27(20,2)12-30)24(36-22)16-4-6-19(31)7-5-16/h4-11,40H,12-14H2,1-3H3,(H,35,39)/t27-,28-/m0/s1. The van der Waals surface area contributed by atoms with Crippen molar-refractivity contribution in [3.05, 3.63) is 76.9 Å². The van der Waals surface area contributed by atoms with Gasteiger partial charge in [0.1, 0.15) is 41.8 Å². The highest BCUT2D eigenvalue weighted by Gasteiger charge is 2.57. The Labute approximate surface area is 236 Å². The highest BCUT2D eigenvalue weighted by molar-refractivity contribution is 5.99. The van der Waals surface area contributed by atoms with Crippen molar-refractivity contribution in [3.8, 4) is 22.8 Å². The van der Waals surface area contributed by atoms with Gasteiger partial charge in [0, 0.05) is 22.1 Å². The molecule has 3 heterocycles. The minimum Gasteiger partial charge on any atom is -0.494 e. The maximum atomic E-state index is 14.6. The van der Waals surface area contributed by atoms with Crippen LogP contribution in [-0.2, 0) is 11.0 Å². The summed E-state index contributed by atoms with van der Waals surface area (Å²) in [6, 6.07) is 10.00. The number of halogens is 5. The number of fused-ring (bicyclic) bond motifs is 2. The van der Waals surface area contributed by atoms with Gasteiger partial charge in [-0.2, -0.15) is 18.3 Å². The number of ether oxygens (including phenoxy) is 2. The van der Waals surface area contributed by atoms with Crippen LogP contribution >= 0.6 is 0 Å². The quantitative estimate of drug-likeness (QED) is 0.295. The number of nitrogens with one attached hydrogen (secondary N) is 1. The van der Waals surface area contributed by atoms with Gasteiger partial charge in [0.25, 0.3) is 5.91 Å². The van der Waals surface area contributed by atoms with Gasteiger partial charge in [-0.1, -0.05) is 0 Å². The molecule has 4 aromatic rings. The van der Waals surface area contributed by atoms with Gasteiger partial charge in [-0.25, -0.2) is 13.8 Å². The van der Waals surface area contributed by atoms with Crippen molar-refractivity contribution in [2.75, 3.05) is 26.9 Å². The van der Waals surface area contributed by atoms with Gasteiger partial charge in [-0.05, 0) is 62.4 Å². The van der Waals surface area contributed by atoms with E-state index in [2.05, 4.69) is 20.5 Å². The Morgan fingerprint density at radius 3 is 2.50 bits per heavy atom. The summed E-state index contributed by atoms with van der Waals surface area (Å²) in [4.78, 5) is 17.2. The van der Waals surface area contributed by atoms with Crippen LogP contribution < -0.4 is 14.8 Å². The number of amides is 1. The van der Waals surface area contributed by atoms with E-state index in [1.165, 1.54) is 38.3 Å². The van der Waals surface area contributed by atoms with Crippen LogP contribution in [0.1, 0.15) is 34.2 Å². The molecule has 0 fully saturated rings. The number of aliphatic hydroxyl groups is 1. The number of methoxy groups -OCH3 is 1. The zero-order valence-electron chi connectivity index (χ0n) is 22.6. The van der Waals surface area contributed by atoms with Crippen LogP contribution in [0.15, 0.2) is 48.5 Å². The molecule has 220 valence electrons. The lowest BCUT2D eigenvalue weighted by molar-refractivity contribution is -0.265. The summed E-state index contributed by atoms with van der Waals surface area (Å²) in [6.45, 7) is 0.655. The van der Waals surface area contributed by atoms with E-state index in [4.69, 9.17) is 9.47 Å². The summed E-state index contributed by atoms with van der Waals surface area (Å²) in [6.07, 6.45) is -5.33. The molecule has 1 amide bonds. The molecule has 0 aliphatic carbocycles. The summed E-state index contributed by atoms with van der Waals surface area (Å²) < 4.78 is 82.5. The molecule has 42 heavy (non-hydrogen) atoms. The summed E-state index contributed by atoms with van der Waals surface area (Å²) in [5.74, 6) is -1.33. The first-order valence-corrected chi connectivity index (χ1v) is 12.7.